The van der Waals surface area contributed by atoms with E-state index in [2.05, 4.69) is 16.7 Å². The first-order valence-electron chi connectivity index (χ1n) is 9.19. The number of hydrogen-bond acceptors (Lipinski definition) is 6. The van der Waals surface area contributed by atoms with Crippen molar-refractivity contribution in [3.05, 3.63) is 64.6 Å². The molecule has 0 spiro atoms. The van der Waals surface area contributed by atoms with E-state index in [1.807, 2.05) is 31.2 Å². The zero-order valence-corrected chi connectivity index (χ0v) is 16.8. The SMILES string of the molecule is CCOc1ccc([C@H]2CC(=O)NC(SCC(=O)NCc3ccco3)=C2C#N)cc1. The third kappa shape index (κ3) is 5.42. The fraction of sp³-hybridized carbons (Fsp3) is 0.286. The second-order valence-electron chi connectivity index (χ2n) is 6.31. The fourth-order valence-electron chi connectivity index (χ4n) is 2.97. The molecule has 0 fully saturated rings. The summed E-state index contributed by atoms with van der Waals surface area (Å²) in [5.41, 5.74) is 1.32. The minimum Gasteiger partial charge on any atom is -0.494 e. The fourth-order valence-corrected chi connectivity index (χ4v) is 3.88. The van der Waals surface area contributed by atoms with Crippen molar-refractivity contribution in [1.82, 2.24) is 10.6 Å². The van der Waals surface area contributed by atoms with Gasteiger partial charge in [0.1, 0.15) is 11.5 Å². The van der Waals surface area contributed by atoms with Gasteiger partial charge in [-0.05, 0) is 36.8 Å². The van der Waals surface area contributed by atoms with Crippen molar-refractivity contribution < 1.29 is 18.7 Å². The smallest absolute Gasteiger partial charge is 0.230 e. The molecule has 0 bridgehead atoms. The molecule has 0 unspecified atom stereocenters. The van der Waals surface area contributed by atoms with Crippen LogP contribution < -0.4 is 15.4 Å². The van der Waals surface area contributed by atoms with Gasteiger partial charge in [-0.1, -0.05) is 23.9 Å². The summed E-state index contributed by atoms with van der Waals surface area (Å²) in [6.45, 7) is 2.76. The molecule has 2 amide bonds. The van der Waals surface area contributed by atoms with Crippen LogP contribution in [0, 0.1) is 11.3 Å². The van der Waals surface area contributed by atoms with Gasteiger partial charge in [0.15, 0.2) is 0 Å². The number of nitrogens with one attached hydrogen (secondary N) is 2. The third-order valence-electron chi connectivity index (χ3n) is 4.34. The van der Waals surface area contributed by atoms with Crippen molar-refractivity contribution >= 4 is 23.6 Å². The van der Waals surface area contributed by atoms with E-state index in [4.69, 9.17) is 9.15 Å². The number of amides is 2. The van der Waals surface area contributed by atoms with E-state index in [1.165, 1.54) is 0 Å². The molecule has 7 nitrogen and oxygen atoms in total. The summed E-state index contributed by atoms with van der Waals surface area (Å²) >= 11 is 1.15. The maximum atomic E-state index is 12.2. The Bertz CT molecular complexity index is 930. The first-order valence-corrected chi connectivity index (χ1v) is 10.2. The summed E-state index contributed by atoms with van der Waals surface area (Å²) in [5.74, 6) is 0.731. The van der Waals surface area contributed by atoms with Crippen LogP contribution >= 0.6 is 11.8 Å². The van der Waals surface area contributed by atoms with Crippen LogP contribution in [0.2, 0.25) is 0 Å². The van der Waals surface area contributed by atoms with E-state index in [0.717, 1.165) is 23.1 Å². The van der Waals surface area contributed by atoms with E-state index in [-0.39, 0.29) is 36.5 Å². The molecule has 0 aliphatic carbocycles. The lowest BCUT2D eigenvalue weighted by atomic mass is 9.87. The van der Waals surface area contributed by atoms with E-state index < -0.39 is 0 Å². The Morgan fingerprint density at radius 2 is 2.17 bits per heavy atom. The number of hydrogen-bond donors (Lipinski definition) is 2. The van der Waals surface area contributed by atoms with Crippen LogP contribution in [0.3, 0.4) is 0 Å². The minimum absolute atomic E-state index is 0.0809. The Balaban J connectivity index is 1.69. The summed E-state index contributed by atoms with van der Waals surface area (Å²) < 4.78 is 10.6. The minimum atomic E-state index is -0.349. The average Bonchev–Trinajstić information content (AvgIpc) is 3.25. The number of nitrogens with zero attached hydrogens (tertiary/aromatic N) is 1. The molecule has 150 valence electrons. The van der Waals surface area contributed by atoms with Crippen molar-refractivity contribution in [2.24, 2.45) is 0 Å². The molecule has 2 aromatic rings. The molecule has 1 aliphatic rings. The van der Waals surface area contributed by atoms with Crippen LogP contribution in [0.1, 0.15) is 30.6 Å². The summed E-state index contributed by atoms with van der Waals surface area (Å²) in [7, 11) is 0. The van der Waals surface area contributed by atoms with Gasteiger partial charge in [0.25, 0.3) is 0 Å². The first kappa shape index (κ1) is 20.6. The molecule has 29 heavy (non-hydrogen) atoms. The largest absolute Gasteiger partial charge is 0.494 e. The monoisotopic (exact) mass is 411 g/mol. The number of ether oxygens (including phenoxy) is 1. The lowest BCUT2D eigenvalue weighted by Gasteiger charge is -2.25. The Morgan fingerprint density at radius 1 is 1.38 bits per heavy atom. The van der Waals surface area contributed by atoms with Gasteiger partial charge in [-0.2, -0.15) is 5.26 Å². The molecule has 8 heteroatoms. The topological polar surface area (TPSA) is 104 Å². The highest BCUT2D eigenvalue weighted by Gasteiger charge is 2.29. The molecular formula is C21H21N3O4S. The summed E-state index contributed by atoms with van der Waals surface area (Å²) in [6, 6.07) is 13.1. The van der Waals surface area contributed by atoms with Crippen LogP contribution in [-0.2, 0) is 16.1 Å². The van der Waals surface area contributed by atoms with Gasteiger partial charge in [-0.25, -0.2) is 0 Å². The molecule has 0 saturated heterocycles. The molecule has 0 saturated carbocycles. The lowest BCUT2D eigenvalue weighted by Crippen LogP contribution is -2.32. The van der Waals surface area contributed by atoms with Crippen LogP contribution in [0.25, 0.3) is 0 Å². The second-order valence-corrected chi connectivity index (χ2v) is 7.29. The predicted octanol–water partition coefficient (Wildman–Crippen LogP) is 3.07. The van der Waals surface area contributed by atoms with Crippen molar-refractivity contribution in [2.75, 3.05) is 12.4 Å². The van der Waals surface area contributed by atoms with Crippen molar-refractivity contribution in [3.8, 4) is 11.8 Å². The highest BCUT2D eigenvalue weighted by atomic mass is 32.2. The molecule has 1 aromatic heterocycles. The van der Waals surface area contributed by atoms with E-state index in [1.54, 1.807) is 18.4 Å². The Morgan fingerprint density at radius 3 is 2.83 bits per heavy atom. The molecule has 1 aromatic carbocycles. The Kier molecular flexibility index (Phi) is 6.98. The van der Waals surface area contributed by atoms with E-state index in [9.17, 15) is 14.9 Å². The summed E-state index contributed by atoms with van der Waals surface area (Å²) in [4.78, 5) is 24.3. The molecule has 2 heterocycles. The zero-order valence-electron chi connectivity index (χ0n) is 15.9. The van der Waals surface area contributed by atoms with Crippen molar-refractivity contribution in [2.45, 2.75) is 25.8 Å². The number of rotatable bonds is 8. The van der Waals surface area contributed by atoms with Gasteiger partial charge in [0, 0.05) is 12.3 Å². The van der Waals surface area contributed by atoms with Gasteiger partial charge < -0.3 is 19.8 Å². The van der Waals surface area contributed by atoms with E-state index >= 15 is 0 Å². The number of carbonyl (C=O) groups is 2. The number of carbonyl (C=O) groups excluding carboxylic acids is 2. The van der Waals surface area contributed by atoms with Crippen molar-refractivity contribution in [3.63, 3.8) is 0 Å². The second kappa shape index (κ2) is 9.85. The van der Waals surface area contributed by atoms with Gasteiger partial charge in [0.2, 0.25) is 11.8 Å². The normalized spacial score (nSPS) is 16.1. The Hall–Kier alpha value is -3.18. The van der Waals surface area contributed by atoms with Crippen LogP contribution in [0.4, 0.5) is 0 Å². The van der Waals surface area contributed by atoms with Crippen LogP contribution in [0.5, 0.6) is 5.75 Å². The van der Waals surface area contributed by atoms with Gasteiger partial charge >= 0.3 is 0 Å². The molecule has 1 aliphatic heterocycles. The number of furan rings is 1. The highest BCUT2D eigenvalue weighted by molar-refractivity contribution is 8.03. The number of allylic oxidation sites excluding steroid dienone is 1. The van der Waals surface area contributed by atoms with E-state index in [0.29, 0.717) is 23.0 Å². The molecule has 0 radical (unpaired) electrons. The highest BCUT2D eigenvalue weighted by Crippen LogP contribution is 2.36. The molecule has 2 N–H and O–H groups in total. The lowest BCUT2D eigenvalue weighted by molar-refractivity contribution is -0.121. The zero-order chi connectivity index (χ0) is 20.6. The van der Waals surface area contributed by atoms with Crippen LogP contribution in [0.15, 0.2) is 57.7 Å². The molecule has 3 rings (SSSR count). The third-order valence-corrected chi connectivity index (χ3v) is 5.35. The quantitative estimate of drug-likeness (QED) is 0.692. The maximum Gasteiger partial charge on any atom is 0.230 e. The standard InChI is InChI=1S/C21H21N3O4S/c1-2-27-15-7-5-14(6-8-15)17-10-19(25)24-21(18(17)11-22)29-13-20(26)23-12-16-4-3-9-28-16/h3-9,17H,2,10,12-13H2,1H3,(H,23,26)(H,24,25)/t17-/m1/s1. The van der Waals surface area contributed by atoms with Crippen molar-refractivity contribution in [1.29, 1.82) is 5.26 Å². The summed E-state index contributed by atoms with van der Waals surface area (Å²) in [6.07, 6.45) is 1.73. The Labute approximate surface area is 173 Å². The molecule has 1 atom stereocenters. The molecular weight excluding hydrogens is 390 g/mol. The first-order chi connectivity index (χ1) is 14.1. The maximum absolute atomic E-state index is 12.2. The van der Waals surface area contributed by atoms with Gasteiger partial charge in [-0.3, -0.25) is 9.59 Å². The average molecular weight is 411 g/mol. The predicted molar refractivity (Wildman–Crippen MR) is 109 cm³/mol. The summed E-state index contributed by atoms with van der Waals surface area (Å²) in [5, 5.41) is 15.6. The number of thioether (sulfide) groups is 1. The number of nitriles is 1. The van der Waals surface area contributed by atoms with Gasteiger partial charge in [-0.15, -0.1) is 0 Å². The number of benzene rings is 1. The van der Waals surface area contributed by atoms with Crippen LogP contribution in [-0.4, -0.2) is 24.2 Å². The van der Waals surface area contributed by atoms with Gasteiger partial charge in [0.05, 0.1) is 41.8 Å².